The Morgan fingerprint density at radius 3 is 2.50 bits per heavy atom. The first-order chi connectivity index (χ1) is 8.76. The van der Waals surface area contributed by atoms with E-state index in [9.17, 15) is 4.79 Å². The number of hydrogen-bond donors (Lipinski definition) is 0. The number of ketones is 1. The molecule has 3 aliphatic carbocycles. The van der Waals surface area contributed by atoms with Crippen LogP contribution in [0.5, 0.6) is 0 Å². The van der Waals surface area contributed by atoms with Gasteiger partial charge in [0.1, 0.15) is 0 Å². The fraction of sp³-hybridized carbons (Fsp3) is 0.824. The van der Waals surface area contributed by atoms with E-state index in [4.69, 9.17) is 0 Å². The molecule has 2 saturated carbocycles. The molecule has 4 atom stereocenters. The van der Waals surface area contributed by atoms with Crippen molar-refractivity contribution in [3.63, 3.8) is 0 Å². The van der Waals surface area contributed by atoms with E-state index in [-0.39, 0.29) is 0 Å². The van der Waals surface area contributed by atoms with Crippen molar-refractivity contribution in [2.75, 3.05) is 0 Å². The molecule has 0 unspecified atom stereocenters. The molecule has 2 bridgehead atoms. The minimum absolute atomic E-state index is 0.436. The second kappa shape index (κ2) is 4.83. The Labute approximate surface area is 111 Å². The fourth-order valence-electron chi connectivity index (χ4n) is 5.00. The second-order valence-electron chi connectivity index (χ2n) is 6.67. The number of carbonyl (C=O) groups excluding carboxylic acids is 1. The molecule has 0 N–H and O–H groups in total. The van der Waals surface area contributed by atoms with Gasteiger partial charge >= 0.3 is 0 Å². The lowest BCUT2D eigenvalue weighted by Gasteiger charge is -2.36. The Kier molecular flexibility index (Phi) is 3.34. The van der Waals surface area contributed by atoms with Gasteiger partial charge in [-0.05, 0) is 61.9 Å². The summed E-state index contributed by atoms with van der Waals surface area (Å²) in [5.41, 5.74) is 2.80. The lowest BCUT2D eigenvalue weighted by Crippen LogP contribution is -2.35. The number of carbonyl (C=O) groups is 1. The number of allylic oxidation sites excluding steroid dienone is 2. The first-order valence-corrected chi connectivity index (χ1v) is 8.01. The Bertz CT molecular complexity index is 379. The highest BCUT2D eigenvalue weighted by Gasteiger charge is 2.52. The van der Waals surface area contributed by atoms with E-state index in [2.05, 4.69) is 13.8 Å². The van der Waals surface area contributed by atoms with E-state index in [1.807, 2.05) is 0 Å². The van der Waals surface area contributed by atoms with Gasteiger partial charge in [-0.15, -0.1) is 0 Å². The van der Waals surface area contributed by atoms with E-state index in [1.165, 1.54) is 49.7 Å². The molecule has 0 aromatic rings. The summed E-state index contributed by atoms with van der Waals surface area (Å²) in [6, 6.07) is 0. The van der Waals surface area contributed by atoms with Crippen molar-refractivity contribution >= 4 is 5.78 Å². The molecule has 3 aliphatic rings. The number of Topliss-reactive ketones (excluding diaryl/α,β-unsaturated/α-hetero) is 1. The summed E-state index contributed by atoms with van der Waals surface area (Å²) in [7, 11) is 0. The van der Waals surface area contributed by atoms with E-state index in [0.717, 1.165) is 30.6 Å². The number of fused-ring (bicyclic) bond motifs is 5. The van der Waals surface area contributed by atoms with Crippen molar-refractivity contribution in [2.45, 2.75) is 65.2 Å². The number of hydrogen-bond acceptors (Lipinski definition) is 1. The summed E-state index contributed by atoms with van der Waals surface area (Å²) >= 11 is 0. The largest absolute Gasteiger partial charge is 0.294 e. The highest BCUT2D eigenvalue weighted by Crippen LogP contribution is 2.57. The molecule has 1 nitrogen and oxygen atoms in total. The van der Waals surface area contributed by atoms with Gasteiger partial charge < -0.3 is 0 Å². The van der Waals surface area contributed by atoms with Gasteiger partial charge in [0.15, 0.2) is 5.78 Å². The summed E-state index contributed by atoms with van der Waals surface area (Å²) in [5, 5.41) is 0. The summed E-state index contributed by atoms with van der Waals surface area (Å²) < 4.78 is 0. The monoisotopic (exact) mass is 247 g/mol. The highest BCUT2D eigenvalue weighted by molar-refractivity contribution is 5.99. The molecule has 18 heavy (non-hydrogen) atoms. The van der Waals surface area contributed by atoms with E-state index in [0.29, 0.717) is 11.7 Å². The fourth-order valence-corrected chi connectivity index (χ4v) is 5.00. The molecule has 0 heterocycles. The van der Waals surface area contributed by atoms with E-state index in [1.54, 1.807) is 0 Å². The maximum atomic E-state index is 12.8. The SMILES string of the molecule is CCCC1=C(CCC)[13C](=O)[C@H]2[C@@H]3CC[C@@H](C3)[C@H]2C1. The van der Waals surface area contributed by atoms with Crippen LogP contribution in [0.4, 0.5) is 0 Å². The smallest absolute Gasteiger partial charge is 0.162 e. The molecule has 0 aliphatic heterocycles. The van der Waals surface area contributed by atoms with Crippen molar-refractivity contribution < 1.29 is 4.79 Å². The Hall–Kier alpha value is -0.590. The third-order valence-corrected chi connectivity index (χ3v) is 5.65. The van der Waals surface area contributed by atoms with Gasteiger partial charge in [-0.25, -0.2) is 0 Å². The van der Waals surface area contributed by atoms with Crippen LogP contribution in [0.3, 0.4) is 0 Å². The summed E-state index contributed by atoms with van der Waals surface area (Å²) in [6.45, 7) is 4.45. The molecule has 1 heteroatoms. The molecular formula is C17H26O. The van der Waals surface area contributed by atoms with Crippen LogP contribution in [0.2, 0.25) is 0 Å². The zero-order valence-electron chi connectivity index (χ0n) is 11.9. The van der Waals surface area contributed by atoms with Crippen molar-refractivity contribution in [3.8, 4) is 0 Å². The zero-order chi connectivity index (χ0) is 12.7. The minimum atomic E-state index is 0.436. The minimum Gasteiger partial charge on any atom is -0.294 e. The van der Waals surface area contributed by atoms with Crippen LogP contribution in [0, 0.1) is 23.7 Å². The Balaban J connectivity index is 1.90. The van der Waals surface area contributed by atoms with Gasteiger partial charge in [-0.1, -0.05) is 32.3 Å². The first kappa shape index (κ1) is 12.4. The van der Waals surface area contributed by atoms with Crippen molar-refractivity contribution in [1.82, 2.24) is 0 Å². The molecule has 0 radical (unpaired) electrons. The maximum Gasteiger partial charge on any atom is 0.162 e. The van der Waals surface area contributed by atoms with Gasteiger partial charge in [0.25, 0.3) is 0 Å². The second-order valence-corrected chi connectivity index (χ2v) is 6.67. The van der Waals surface area contributed by atoms with Gasteiger partial charge in [0.05, 0.1) is 0 Å². The lowest BCUT2D eigenvalue weighted by molar-refractivity contribution is -0.123. The van der Waals surface area contributed by atoms with Gasteiger partial charge in [0, 0.05) is 5.92 Å². The Morgan fingerprint density at radius 1 is 1.06 bits per heavy atom. The van der Waals surface area contributed by atoms with Crippen LogP contribution in [0.15, 0.2) is 11.1 Å². The van der Waals surface area contributed by atoms with Crippen molar-refractivity contribution in [3.05, 3.63) is 11.1 Å². The third kappa shape index (κ3) is 1.78. The zero-order valence-corrected chi connectivity index (χ0v) is 11.9. The van der Waals surface area contributed by atoms with Crippen LogP contribution in [-0.2, 0) is 4.79 Å². The Morgan fingerprint density at radius 2 is 1.78 bits per heavy atom. The summed E-state index contributed by atoms with van der Waals surface area (Å²) in [6.07, 6.45) is 9.89. The molecule has 100 valence electrons. The van der Waals surface area contributed by atoms with Crippen LogP contribution < -0.4 is 0 Å². The van der Waals surface area contributed by atoms with Crippen LogP contribution >= 0.6 is 0 Å². The molecule has 0 saturated heterocycles. The van der Waals surface area contributed by atoms with Gasteiger partial charge in [-0.2, -0.15) is 0 Å². The third-order valence-electron chi connectivity index (χ3n) is 5.65. The predicted molar refractivity (Wildman–Crippen MR) is 74.3 cm³/mol. The quantitative estimate of drug-likeness (QED) is 0.668. The molecular weight excluding hydrogens is 221 g/mol. The summed E-state index contributed by atoms with van der Waals surface area (Å²) in [5.74, 6) is 3.38. The van der Waals surface area contributed by atoms with Crippen LogP contribution in [-0.4, -0.2) is 5.78 Å². The number of rotatable bonds is 4. The molecule has 0 amide bonds. The van der Waals surface area contributed by atoms with E-state index >= 15 is 0 Å². The van der Waals surface area contributed by atoms with Crippen LogP contribution in [0.1, 0.15) is 65.2 Å². The van der Waals surface area contributed by atoms with Gasteiger partial charge in [-0.3, -0.25) is 4.79 Å². The topological polar surface area (TPSA) is 17.1 Å². The highest BCUT2D eigenvalue weighted by atomic mass is 16.2. The van der Waals surface area contributed by atoms with Crippen LogP contribution in [0.25, 0.3) is 0 Å². The predicted octanol–water partition coefficient (Wildman–Crippen LogP) is 4.52. The van der Waals surface area contributed by atoms with Crippen molar-refractivity contribution in [1.29, 1.82) is 0 Å². The van der Waals surface area contributed by atoms with Gasteiger partial charge in [0.2, 0.25) is 0 Å². The average Bonchev–Trinajstić information content (AvgIpc) is 2.95. The summed E-state index contributed by atoms with van der Waals surface area (Å²) in [4.78, 5) is 12.8. The molecule has 0 spiro atoms. The van der Waals surface area contributed by atoms with Crippen molar-refractivity contribution in [2.24, 2.45) is 23.7 Å². The normalized spacial score (nSPS) is 38.4. The first-order valence-electron chi connectivity index (χ1n) is 8.01. The molecule has 0 aromatic carbocycles. The molecule has 3 rings (SSSR count). The standard InChI is InChI=1S/C17H26O/c1-3-5-11-10-15-12-7-8-13(9-12)16(15)17(18)14(11)6-4-2/h12-13,15-16H,3-10H2,1-2H3/t12-,13+,15+,16-/m0/s1/i17+1. The lowest BCUT2D eigenvalue weighted by atomic mass is 9.73. The van der Waals surface area contributed by atoms with E-state index < -0.39 is 0 Å². The molecule has 0 aromatic heterocycles. The molecule has 2 fully saturated rings. The maximum absolute atomic E-state index is 12.8. The average molecular weight is 247 g/mol.